The van der Waals surface area contributed by atoms with E-state index in [1.165, 1.54) is 17.4 Å². The number of carbonyl (C=O) groups excluding carboxylic acids is 1. The van der Waals surface area contributed by atoms with Gasteiger partial charge in [0, 0.05) is 5.56 Å². The first-order valence-corrected chi connectivity index (χ1v) is 9.34. The molecule has 0 aliphatic heterocycles. The number of hydrogen-bond acceptors (Lipinski definition) is 7. The number of benzene rings is 1. The van der Waals surface area contributed by atoms with Gasteiger partial charge in [-0.15, -0.1) is 10.2 Å². The lowest BCUT2D eigenvalue weighted by Crippen LogP contribution is -2.41. The van der Waals surface area contributed by atoms with Crippen LogP contribution in [0.2, 0.25) is 0 Å². The van der Waals surface area contributed by atoms with Crippen LogP contribution < -0.4 is 16.2 Å². The molecule has 0 atom stereocenters. The van der Waals surface area contributed by atoms with E-state index in [4.69, 9.17) is 10.9 Å². The number of nitrogens with two attached hydrogens (primary N) is 2. The maximum atomic E-state index is 12.6. The average molecular weight is 369 g/mol. The van der Waals surface area contributed by atoms with Gasteiger partial charge in [0.15, 0.2) is 0 Å². The summed E-state index contributed by atoms with van der Waals surface area (Å²) in [6.45, 7) is 6.88. The highest BCUT2D eigenvalue weighted by Gasteiger charge is 2.28. The number of hydrogen-bond donors (Lipinski definition) is 3. The molecule has 2 aromatic rings. The summed E-state index contributed by atoms with van der Waals surface area (Å²) in [6, 6.07) is 2.89. The van der Waals surface area contributed by atoms with Crippen molar-refractivity contribution in [3.63, 3.8) is 0 Å². The zero-order valence-electron chi connectivity index (χ0n) is 13.7. The molecule has 0 unspecified atom stereocenters. The van der Waals surface area contributed by atoms with Crippen molar-refractivity contribution in [2.24, 2.45) is 5.14 Å². The molecule has 0 saturated heterocycles. The molecule has 2 rings (SSSR count). The summed E-state index contributed by atoms with van der Waals surface area (Å²) in [5.41, 5.74) is 6.14. The average Bonchev–Trinajstić information content (AvgIpc) is 2.87. The fourth-order valence-corrected chi connectivity index (χ4v) is 3.70. The van der Waals surface area contributed by atoms with Crippen LogP contribution in [0.4, 0.5) is 5.13 Å². The number of sulfonamides is 1. The molecular weight excluding hydrogens is 350 g/mol. The Bertz CT molecular complexity index is 903. The smallest absolute Gasteiger partial charge is 0.252 e. The minimum absolute atomic E-state index is 0.0642. The Hall–Kier alpha value is -2.04. The molecule has 24 heavy (non-hydrogen) atoms. The van der Waals surface area contributed by atoms with E-state index in [0.29, 0.717) is 21.3 Å². The van der Waals surface area contributed by atoms with Gasteiger partial charge < -0.3 is 11.1 Å². The Morgan fingerprint density at radius 2 is 1.88 bits per heavy atom. The lowest BCUT2D eigenvalue weighted by atomic mass is 10.0. The SMILES string of the molecule is Cc1cc(C(=O)NC(C)(C)c2nnc(N)s2)cc(S(N)(=O)=O)c1C. The maximum Gasteiger partial charge on any atom is 0.252 e. The first-order valence-electron chi connectivity index (χ1n) is 6.98. The molecule has 1 amide bonds. The fourth-order valence-electron chi connectivity index (χ4n) is 2.15. The largest absolute Gasteiger partial charge is 0.374 e. The van der Waals surface area contributed by atoms with Crippen LogP contribution in [0.15, 0.2) is 17.0 Å². The van der Waals surface area contributed by atoms with Crippen LogP contribution in [-0.4, -0.2) is 24.5 Å². The van der Waals surface area contributed by atoms with E-state index in [0.717, 1.165) is 0 Å². The molecule has 0 radical (unpaired) electrons. The lowest BCUT2D eigenvalue weighted by molar-refractivity contribution is 0.0911. The van der Waals surface area contributed by atoms with Gasteiger partial charge in [-0.1, -0.05) is 11.3 Å². The van der Waals surface area contributed by atoms with Gasteiger partial charge in [-0.3, -0.25) is 4.79 Å². The Morgan fingerprint density at radius 1 is 1.25 bits per heavy atom. The summed E-state index contributed by atoms with van der Waals surface area (Å²) in [4.78, 5) is 12.5. The molecule has 0 fully saturated rings. The van der Waals surface area contributed by atoms with Crippen molar-refractivity contribution in [3.05, 3.63) is 33.8 Å². The number of nitrogens with one attached hydrogen (secondary N) is 1. The van der Waals surface area contributed by atoms with Crippen LogP contribution in [-0.2, 0) is 15.6 Å². The van der Waals surface area contributed by atoms with E-state index in [9.17, 15) is 13.2 Å². The van der Waals surface area contributed by atoms with E-state index < -0.39 is 21.5 Å². The summed E-state index contributed by atoms with van der Waals surface area (Å²) in [5.74, 6) is -0.443. The van der Waals surface area contributed by atoms with Crippen molar-refractivity contribution in [2.45, 2.75) is 38.1 Å². The van der Waals surface area contributed by atoms with Crippen molar-refractivity contribution in [1.82, 2.24) is 15.5 Å². The molecule has 0 saturated carbocycles. The number of anilines is 1. The van der Waals surface area contributed by atoms with Gasteiger partial charge in [0.1, 0.15) is 5.01 Å². The Labute approximate surface area is 144 Å². The Morgan fingerprint density at radius 3 is 2.38 bits per heavy atom. The van der Waals surface area contributed by atoms with Gasteiger partial charge in [0.05, 0.1) is 10.4 Å². The van der Waals surface area contributed by atoms with Crippen molar-refractivity contribution in [3.8, 4) is 0 Å². The molecule has 8 nitrogen and oxygen atoms in total. The van der Waals surface area contributed by atoms with Crippen molar-refractivity contribution in [2.75, 3.05) is 5.73 Å². The summed E-state index contributed by atoms with van der Waals surface area (Å²) < 4.78 is 23.4. The number of nitrogen functional groups attached to an aromatic ring is 1. The second-order valence-corrected chi connectivity index (χ2v) is 8.52. The molecule has 130 valence electrons. The molecular formula is C14H19N5O3S2. The van der Waals surface area contributed by atoms with Crippen LogP contribution in [0.25, 0.3) is 0 Å². The normalized spacial score (nSPS) is 12.2. The number of aromatic nitrogens is 2. The fraction of sp³-hybridized carbons (Fsp3) is 0.357. The van der Waals surface area contributed by atoms with E-state index in [1.807, 2.05) is 0 Å². The number of nitrogens with zero attached hydrogens (tertiary/aromatic N) is 2. The third-order valence-corrected chi connectivity index (χ3v) is 5.70. The van der Waals surface area contributed by atoms with Gasteiger partial charge in [-0.05, 0) is 51.0 Å². The van der Waals surface area contributed by atoms with Gasteiger partial charge in [-0.2, -0.15) is 0 Å². The highest BCUT2D eigenvalue weighted by atomic mass is 32.2. The zero-order valence-corrected chi connectivity index (χ0v) is 15.4. The summed E-state index contributed by atoms with van der Waals surface area (Å²) in [5, 5.41) is 16.5. The predicted molar refractivity (Wildman–Crippen MR) is 92.1 cm³/mol. The second-order valence-electron chi connectivity index (χ2n) is 5.99. The number of amides is 1. The number of carbonyl (C=O) groups is 1. The molecule has 0 aliphatic carbocycles. The van der Waals surface area contributed by atoms with E-state index in [2.05, 4.69) is 15.5 Å². The van der Waals surface area contributed by atoms with Gasteiger partial charge in [0.2, 0.25) is 15.2 Å². The predicted octanol–water partition coefficient (Wildman–Crippen LogP) is 1.05. The van der Waals surface area contributed by atoms with Crippen molar-refractivity contribution >= 4 is 32.4 Å². The molecule has 10 heteroatoms. The second kappa shape index (κ2) is 6.11. The van der Waals surface area contributed by atoms with Crippen molar-refractivity contribution in [1.29, 1.82) is 0 Å². The number of primary sulfonamides is 1. The summed E-state index contributed by atoms with van der Waals surface area (Å²) >= 11 is 1.17. The van der Waals surface area contributed by atoms with E-state index in [-0.39, 0.29) is 10.5 Å². The molecule has 1 heterocycles. The molecule has 1 aromatic carbocycles. The highest BCUT2D eigenvalue weighted by Crippen LogP contribution is 2.26. The summed E-state index contributed by atoms with van der Waals surface area (Å²) in [6.07, 6.45) is 0. The third kappa shape index (κ3) is 3.71. The Balaban J connectivity index is 2.39. The maximum absolute atomic E-state index is 12.6. The number of aryl methyl sites for hydroxylation is 1. The van der Waals surface area contributed by atoms with E-state index in [1.54, 1.807) is 33.8 Å². The van der Waals surface area contributed by atoms with Crippen LogP contribution in [0.5, 0.6) is 0 Å². The third-order valence-electron chi connectivity index (χ3n) is 3.59. The van der Waals surface area contributed by atoms with Crippen LogP contribution in [0, 0.1) is 13.8 Å². The number of rotatable bonds is 4. The van der Waals surface area contributed by atoms with Crippen LogP contribution >= 0.6 is 11.3 Å². The van der Waals surface area contributed by atoms with Crippen LogP contribution in [0.3, 0.4) is 0 Å². The monoisotopic (exact) mass is 369 g/mol. The van der Waals surface area contributed by atoms with Gasteiger partial charge in [-0.25, -0.2) is 13.6 Å². The first-order chi connectivity index (χ1) is 10.9. The standard InChI is InChI=1S/C14H19N5O3S2/c1-7-5-9(6-10(8(7)2)24(16,21)22)11(20)17-14(3,4)12-18-19-13(15)23-12/h5-6H,1-4H3,(H2,15,19)(H,17,20)(H2,16,21,22). The Kier molecular flexibility index (Phi) is 4.66. The minimum Gasteiger partial charge on any atom is -0.374 e. The molecule has 5 N–H and O–H groups in total. The first kappa shape index (κ1) is 18.3. The van der Waals surface area contributed by atoms with Gasteiger partial charge in [0.25, 0.3) is 5.91 Å². The molecule has 0 bridgehead atoms. The van der Waals surface area contributed by atoms with Crippen molar-refractivity contribution < 1.29 is 13.2 Å². The summed E-state index contributed by atoms with van der Waals surface area (Å²) in [7, 11) is -3.92. The minimum atomic E-state index is -3.92. The molecule has 0 aliphatic rings. The zero-order chi connectivity index (χ0) is 18.3. The van der Waals surface area contributed by atoms with Crippen LogP contribution in [0.1, 0.15) is 40.3 Å². The molecule has 1 aromatic heterocycles. The lowest BCUT2D eigenvalue weighted by Gasteiger charge is -2.23. The highest BCUT2D eigenvalue weighted by molar-refractivity contribution is 7.89. The van der Waals surface area contributed by atoms with E-state index >= 15 is 0 Å². The quantitative estimate of drug-likeness (QED) is 0.735. The topological polar surface area (TPSA) is 141 Å². The van der Waals surface area contributed by atoms with Gasteiger partial charge >= 0.3 is 0 Å². The molecule has 0 spiro atoms.